The average Bonchev–Trinajstić information content (AvgIpc) is 2.57. The van der Waals surface area contributed by atoms with Crippen LogP contribution in [0.3, 0.4) is 0 Å². The molecule has 2 amide bonds. The fourth-order valence-corrected chi connectivity index (χ4v) is 1.79. The molecule has 0 aromatic carbocycles. The van der Waals surface area contributed by atoms with Gasteiger partial charge in [0.1, 0.15) is 6.04 Å². The lowest BCUT2D eigenvalue weighted by atomic mass is 10.1. The molecule has 3 N–H and O–H groups in total. The molecular formula is C11H21N3O2. The summed E-state index contributed by atoms with van der Waals surface area (Å²) in [6.07, 6.45) is 3.32. The molecule has 0 spiro atoms. The zero-order valence-corrected chi connectivity index (χ0v) is 10.0. The monoisotopic (exact) mass is 227 g/mol. The smallest absolute Gasteiger partial charge is 0.244 e. The van der Waals surface area contributed by atoms with Crippen LogP contribution in [-0.2, 0) is 9.59 Å². The maximum atomic E-state index is 11.7. The number of nitrogens with zero attached hydrogens (tertiary/aromatic N) is 1. The summed E-state index contributed by atoms with van der Waals surface area (Å²) in [6.45, 7) is 2.76. The van der Waals surface area contributed by atoms with Crippen molar-refractivity contribution in [2.45, 2.75) is 44.7 Å². The van der Waals surface area contributed by atoms with Crippen molar-refractivity contribution >= 4 is 11.8 Å². The van der Waals surface area contributed by atoms with Crippen LogP contribution in [0.1, 0.15) is 32.6 Å². The van der Waals surface area contributed by atoms with Gasteiger partial charge in [-0.25, -0.2) is 0 Å². The van der Waals surface area contributed by atoms with Gasteiger partial charge in [-0.1, -0.05) is 19.8 Å². The molecule has 1 fully saturated rings. The highest BCUT2D eigenvalue weighted by atomic mass is 16.2. The molecule has 1 saturated heterocycles. The van der Waals surface area contributed by atoms with Crippen LogP contribution in [0.25, 0.3) is 0 Å². The van der Waals surface area contributed by atoms with Crippen LogP contribution >= 0.6 is 0 Å². The Morgan fingerprint density at radius 2 is 2.38 bits per heavy atom. The SMILES string of the molecule is CCCCC(N)C(=O)NC1CCN(C)C1=O. The number of hydrogen-bond donors (Lipinski definition) is 2. The van der Waals surface area contributed by atoms with E-state index < -0.39 is 6.04 Å². The van der Waals surface area contributed by atoms with Crippen LogP contribution in [0, 0.1) is 0 Å². The van der Waals surface area contributed by atoms with Gasteiger partial charge >= 0.3 is 0 Å². The third kappa shape index (κ3) is 3.20. The van der Waals surface area contributed by atoms with Gasteiger partial charge in [0.2, 0.25) is 11.8 Å². The lowest BCUT2D eigenvalue weighted by Gasteiger charge is -2.15. The quantitative estimate of drug-likeness (QED) is 0.686. The predicted molar refractivity (Wildman–Crippen MR) is 61.7 cm³/mol. The third-order valence-electron chi connectivity index (χ3n) is 2.95. The van der Waals surface area contributed by atoms with Crippen molar-refractivity contribution in [1.29, 1.82) is 0 Å². The summed E-state index contributed by atoms with van der Waals surface area (Å²) in [7, 11) is 1.74. The molecule has 5 heteroatoms. The van der Waals surface area contributed by atoms with E-state index in [-0.39, 0.29) is 17.9 Å². The van der Waals surface area contributed by atoms with Gasteiger partial charge in [0.15, 0.2) is 0 Å². The van der Waals surface area contributed by atoms with Gasteiger partial charge in [0, 0.05) is 13.6 Å². The van der Waals surface area contributed by atoms with E-state index in [4.69, 9.17) is 5.73 Å². The van der Waals surface area contributed by atoms with Crippen LogP contribution in [-0.4, -0.2) is 42.4 Å². The Morgan fingerprint density at radius 1 is 1.69 bits per heavy atom. The molecule has 1 aliphatic rings. The van der Waals surface area contributed by atoms with Gasteiger partial charge < -0.3 is 16.0 Å². The van der Waals surface area contributed by atoms with Gasteiger partial charge in [-0.15, -0.1) is 0 Å². The van der Waals surface area contributed by atoms with Crippen molar-refractivity contribution < 1.29 is 9.59 Å². The van der Waals surface area contributed by atoms with Crippen molar-refractivity contribution in [3.63, 3.8) is 0 Å². The second-order valence-electron chi connectivity index (χ2n) is 4.36. The van der Waals surface area contributed by atoms with Gasteiger partial charge in [-0.2, -0.15) is 0 Å². The highest BCUT2D eigenvalue weighted by molar-refractivity contribution is 5.90. The van der Waals surface area contributed by atoms with Gasteiger partial charge in [-0.3, -0.25) is 9.59 Å². The molecule has 16 heavy (non-hydrogen) atoms. The summed E-state index contributed by atoms with van der Waals surface area (Å²) >= 11 is 0. The molecule has 0 saturated carbocycles. The molecule has 92 valence electrons. The zero-order chi connectivity index (χ0) is 12.1. The number of carbonyl (C=O) groups is 2. The van der Waals surface area contributed by atoms with E-state index in [2.05, 4.69) is 12.2 Å². The Kier molecular flexibility index (Phi) is 4.73. The molecule has 1 rings (SSSR count). The van der Waals surface area contributed by atoms with E-state index in [0.29, 0.717) is 19.4 Å². The molecule has 2 atom stereocenters. The number of hydrogen-bond acceptors (Lipinski definition) is 3. The van der Waals surface area contributed by atoms with E-state index >= 15 is 0 Å². The average molecular weight is 227 g/mol. The molecule has 1 heterocycles. The second-order valence-corrected chi connectivity index (χ2v) is 4.36. The van der Waals surface area contributed by atoms with Gasteiger partial charge in [-0.05, 0) is 12.8 Å². The summed E-state index contributed by atoms with van der Waals surface area (Å²) in [6, 6.07) is -0.858. The first kappa shape index (κ1) is 13.0. The second kappa shape index (κ2) is 5.84. The number of nitrogens with two attached hydrogens (primary N) is 1. The Bertz CT molecular complexity index is 268. The largest absolute Gasteiger partial charge is 0.344 e. The fraction of sp³-hybridized carbons (Fsp3) is 0.818. The van der Waals surface area contributed by atoms with Crippen molar-refractivity contribution in [2.75, 3.05) is 13.6 Å². The lowest BCUT2D eigenvalue weighted by Crippen LogP contribution is -2.48. The van der Waals surface area contributed by atoms with E-state index in [1.54, 1.807) is 11.9 Å². The molecule has 0 bridgehead atoms. The minimum Gasteiger partial charge on any atom is -0.344 e. The van der Waals surface area contributed by atoms with Crippen LogP contribution < -0.4 is 11.1 Å². The Balaban J connectivity index is 2.36. The highest BCUT2D eigenvalue weighted by Gasteiger charge is 2.31. The summed E-state index contributed by atoms with van der Waals surface area (Å²) in [5.41, 5.74) is 5.72. The molecule has 0 aromatic rings. The summed E-state index contributed by atoms with van der Waals surface area (Å²) < 4.78 is 0. The summed E-state index contributed by atoms with van der Waals surface area (Å²) in [4.78, 5) is 24.8. The normalized spacial score (nSPS) is 22.3. The molecule has 0 aliphatic carbocycles. The fourth-order valence-electron chi connectivity index (χ4n) is 1.79. The minimum absolute atomic E-state index is 0.0176. The van der Waals surface area contributed by atoms with Crippen molar-refractivity contribution in [1.82, 2.24) is 10.2 Å². The summed E-state index contributed by atoms with van der Waals surface area (Å²) in [5, 5.41) is 2.71. The van der Waals surface area contributed by atoms with Crippen LogP contribution in [0.15, 0.2) is 0 Å². The Morgan fingerprint density at radius 3 is 2.88 bits per heavy atom. The van der Waals surface area contributed by atoms with Gasteiger partial charge in [0.25, 0.3) is 0 Å². The standard InChI is InChI=1S/C11H21N3O2/c1-3-4-5-8(12)10(15)13-9-6-7-14(2)11(9)16/h8-9H,3-7,12H2,1-2H3,(H,13,15). The van der Waals surface area contributed by atoms with E-state index in [1.807, 2.05) is 0 Å². The molecule has 1 aliphatic heterocycles. The van der Waals surface area contributed by atoms with Crippen molar-refractivity contribution in [3.8, 4) is 0 Å². The maximum absolute atomic E-state index is 11.7. The first-order valence-electron chi connectivity index (χ1n) is 5.87. The van der Waals surface area contributed by atoms with Crippen molar-refractivity contribution in [2.24, 2.45) is 5.73 Å². The number of likely N-dealkylation sites (tertiary alicyclic amines) is 1. The minimum atomic E-state index is -0.487. The third-order valence-corrected chi connectivity index (χ3v) is 2.95. The predicted octanol–water partition coefficient (Wildman–Crippen LogP) is -0.149. The zero-order valence-electron chi connectivity index (χ0n) is 10.0. The maximum Gasteiger partial charge on any atom is 0.244 e. The molecular weight excluding hydrogens is 206 g/mol. The molecule has 0 radical (unpaired) electrons. The Hall–Kier alpha value is -1.10. The molecule has 2 unspecified atom stereocenters. The highest BCUT2D eigenvalue weighted by Crippen LogP contribution is 2.09. The topological polar surface area (TPSA) is 75.4 Å². The molecule has 0 aromatic heterocycles. The number of unbranched alkanes of at least 4 members (excludes halogenated alkanes) is 1. The van der Waals surface area contributed by atoms with Crippen molar-refractivity contribution in [3.05, 3.63) is 0 Å². The first-order chi connectivity index (χ1) is 7.56. The Labute approximate surface area is 96.4 Å². The number of likely N-dealkylation sites (N-methyl/N-ethyl adjacent to an activating group) is 1. The molecule has 5 nitrogen and oxygen atoms in total. The number of rotatable bonds is 5. The number of nitrogens with one attached hydrogen (secondary N) is 1. The summed E-state index contributed by atoms with van der Waals surface area (Å²) in [5.74, 6) is -0.224. The number of carbonyl (C=O) groups excluding carboxylic acids is 2. The van der Waals surface area contributed by atoms with Crippen LogP contribution in [0.2, 0.25) is 0 Å². The van der Waals surface area contributed by atoms with Crippen LogP contribution in [0.5, 0.6) is 0 Å². The first-order valence-corrected chi connectivity index (χ1v) is 5.87. The lowest BCUT2D eigenvalue weighted by molar-refractivity contribution is -0.132. The van der Waals surface area contributed by atoms with E-state index in [1.165, 1.54) is 0 Å². The number of amides is 2. The van der Waals surface area contributed by atoms with Crippen LogP contribution in [0.4, 0.5) is 0 Å². The van der Waals surface area contributed by atoms with E-state index in [9.17, 15) is 9.59 Å². The van der Waals surface area contributed by atoms with E-state index in [0.717, 1.165) is 12.8 Å². The van der Waals surface area contributed by atoms with Gasteiger partial charge in [0.05, 0.1) is 6.04 Å².